The van der Waals surface area contributed by atoms with Gasteiger partial charge in [-0.2, -0.15) is 4.98 Å². The molecule has 0 radical (unpaired) electrons. The van der Waals surface area contributed by atoms with Crippen LogP contribution in [0, 0.1) is 0 Å². The molecule has 2 aliphatic heterocycles. The Bertz CT molecular complexity index is 1390. The first-order valence-electron chi connectivity index (χ1n) is 13.6. The number of hydrogen-bond acceptors (Lipinski definition) is 10. The van der Waals surface area contributed by atoms with Crippen molar-refractivity contribution in [2.24, 2.45) is 0 Å². The van der Waals surface area contributed by atoms with Gasteiger partial charge in [0.25, 0.3) is 0 Å². The normalized spacial score (nSPS) is 16.2. The average Bonchev–Trinajstić information content (AvgIpc) is 2.98. The van der Waals surface area contributed by atoms with Crippen LogP contribution in [0.4, 0.5) is 34.8 Å². The number of halogens is 1. The van der Waals surface area contributed by atoms with E-state index in [2.05, 4.69) is 55.5 Å². The van der Waals surface area contributed by atoms with Crippen LogP contribution in [-0.2, 0) is 4.74 Å². The Labute approximate surface area is 241 Å². The molecule has 1 aromatic carbocycles. The molecule has 0 spiro atoms. The summed E-state index contributed by atoms with van der Waals surface area (Å²) in [5.74, 6) is 2.88. The highest BCUT2D eigenvalue weighted by Gasteiger charge is 2.21. The number of nitrogens with one attached hydrogen (secondary N) is 2. The summed E-state index contributed by atoms with van der Waals surface area (Å²) in [5.41, 5.74) is 2.87. The summed E-state index contributed by atoms with van der Waals surface area (Å²) < 4.78 is 5.59. The number of morpholine rings is 1. The van der Waals surface area contributed by atoms with Crippen LogP contribution in [-0.4, -0.2) is 84.4 Å². The Balaban J connectivity index is 0.00000323. The molecule has 0 unspecified atom stereocenters. The van der Waals surface area contributed by atoms with Crippen LogP contribution >= 0.6 is 12.4 Å². The molecule has 3 aromatic heterocycles. The summed E-state index contributed by atoms with van der Waals surface area (Å²) in [6.07, 6.45) is 6.08. The van der Waals surface area contributed by atoms with Gasteiger partial charge in [0.2, 0.25) is 5.95 Å². The molecule has 2 N–H and O–H groups in total. The molecule has 40 heavy (non-hydrogen) atoms. The monoisotopic (exact) mass is 561 g/mol. The van der Waals surface area contributed by atoms with Crippen LogP contribution in [0.25, 0.3) is 10.9 Å². The van der Waals surface area contributed by atoms with Crippen LogP contribution in [0.1, 0.15) is 12.8 Å². The zero-order chi connectivity index (χ0) is 26.6. The number of fused-ring (bicyclic) bond motifs is 1. The number of hydrogen-bond donors (Lipinski definition) is 2. The summed E-state index contributed by atoms with van der Waals surface area (Å²) in [4.78, 5) is 26.0. The van der Waals surface area contributed by atoms with Gasteiger partial charge in [-0.1, -0.05) is 18.2 Å². The molecule has 0 bridgehead atoms. The average molecular weight is 562 g/mol. The number of rotatable bonds is 7. The molecule has 210 valence electrons. The van der Waals surface area contributed by atoms with E-state index >= 15 is 0 Å². The van der Waals surface area contributed by atoms with Crippen molar-refractivity contribution in [1.82, 2.24) is 24.8 Å². The van der Waals surface area contributed by atoms with Gasteiger partial charge in [0.05, 0.1) is 36.8 Å². The Morgan fingerprint density at radius 2 is 1.57 bits per heavy atom. The standard InChI is InChI=1S/C29H35N9O.ClH/c1-36(2)22-10-12-37(13-11-22)23-8-9-26(30-19-23)34-27-18-24-25(20-31-27)33-29(32-21-6-4-3-5-7-21)35-28(24)38-14-16-39-17-15-38;/h3-9,18-20,22H,10-17H2,1-2H3,(H,30,31,34)(H,32,33,35);1H. The molecule has 5 heterocycles. The van der Waals surface area contributed by atoms with E-state index in [4.69, 9.17) is 14.7 Å². The number of piperidine rings is 1. The molecule has 11 heteroatoms. The molecule has 4 aromatic rings. The summed E-state index contributed by atoms with van der Waals surface area (Å²) in [6, 6.07) is 16.8. The zero-order valence-electron chi connectivity index (χ0n) is 23.0. The van der Waals surface area contributed by atoms with Crippen LogP contribution in [0.15, 0.2) is 60.9 Å². The smallest absolute Gasteiger partial charge is 0.229 e. The lowest BCUT2D eigenvalue weighted by molar-refractivity contribution is 0.122. The van der Waals surface area contributed by atoms with Gasteiger partial charge in [-0.3, -0.25) is 0 Å². The van der Waals surface area contributed by atoms with Crippen molar-refractivity contribution in [3.8, 4) is 0 Å². The van der Waals surface area contributed by atoms with Crippen molar-refractivity contribution in [3.05, 3.63) is 60.9 Å². The predicted molar refractivity (Wildman–Crippen MR) is 164 cm³/mol. The molecular weight excluding hydrogens is 526 g/mol. The topological polar surface area (TPSA) is 94.6 Å². The Morgan fingerprint density at radius 3 is 2.27 bits per heavy atom. The zero-order valence-corrected chi connectivity index (χ0v) is 23.8. The van der Waals surface area contributed by atoms with Crippen LogP contribution < -0.4 is 20.4 Å². The van der Waals surface area contributed by atoms with E-state index in [9.17, 15) is 0 Å². The number of benzene rings is 1. The van der Waals surface area contributed by atoms with Gasteiger partial charge in [0.1, 0.15) is 17.5 Å². The van der Waals surface area contributed by atoms with E-state index < -0.39 is 0 Å². The van der Waals surface area contributed by atoms with Crippen LogP contribution in [0.5, 0.6) is 0 Å². The van der Waals surface area contributed by atoms with Crippen molar-refractivity contribution < 1.29 is 4.74 Å². The van der Waals surface area contributed by atoms with Crippen molar-refractivity contribution in [2.75, 3.05) is 73.9 Å². The minimum absolute atomic E-state index is 0. The first-order chi connectivity index (χ1) is 19.1. The second-order valence-electron chi connectivity index (χ2n) is 10.3. The second-order valence-corrected chi connectivity index (χ2v) is 10.3. The van der Waals surface area contributed by atoms with Gasteiger partial charge in [-0.05, 0) is 57.3 Å². The highest BCUT2D eigenvalue weighted by Crippen LogP contribution is 2.30. The minimum atomic E-state index is 0. The van der Waals surface area contributed by atoms with Gasteiger partial charge in [0.15, 0.2) is 0 Å². The number of para-hydroxylation sites is 1. The first kappa shape index (κ1) is 27.8. The highest BCUT2D eigenvalue weighted by molar-refractivity contribution is 5.92. The van der Waals surface area contributed by atoms with E-state index in [0.29, 0.717) is 31.0 Å². The van der Waals surface area contributed by atoms with Crippen molar-refractivity contribution >= 4 is 58.1 Å². The molecule has 0 aliphatic carbocycles. The predicted octanol–water partition coefficient (Wildman–Crippen LogP) is 4.70. The lowest BCUT2D eigenvalue weighted by atomic mass is 10.0. The molecule has 0 saturated carbocycles. The van der Waals surface area contributed by atoms with Crippen LogP contribution in [0.3, 0.4) is 0 Å². The largest absolute Gasteiger partial charge is 0.378 e. The van der Waals surface area contributed by atoms with E-state index in [1.165, 1.54) is 12.8 Å². The van der Waals surface area contributed by atoms with Gasteiger partial charge in [-0.25, -0.2) is 15.0 Å². The fourth-order valence-corrected chi connectivity index (χ4v) is 5.23. The molecule has 2 aliphatic rings. The maximum atomic E-state index is 5.59. The van der Waals surface area contributed by atoms with Gasteiger partial charge < -0.3 is 30.1 Å². The number of anilines is 6. The van der Waals surface area contributed by atoms with Crippen molar-refractivity contribution in [2.45, 2.75) is 18.9 Å². The fourth-order valence-electron chi connectivity index (χ4n) is 5.23. The highest BCUT2D eigenvalue weighted by atomic mass is 35.5. The number of aromatic nitrogens is 4. The Hall–Kier alpha value is -3.73. The van der Waals surface area contributed by atoms with Crippen molar-refractivity contribution in [1.29, 1.82) is 0 Å². The lowest BCUT2D eigenvalue weighted by Gasteiger charge is -2.36. The van der Waals surface area contributed by atoms with Crippen molar-refractivity contribution in [3.63, 3.8) is 0 Å². The van der Waals surface area contributed by atoms with Crippen LogP contribution in [0.2, 0.25) is 0 Å². The number of ether oxygens (including phenoxy) is 1. The van der Waals surface area contributed by atoms with Gasteiger partial charge in [-0.15, -0.1) is 12.4 Å². The van der Waals surface area contributed by atoms with E-state index in [1.807, 2.05) is 48.7 Å². The Morgan fingerprint density at radius 1 is 0.825 bits per heavy atom. The lowest BCUT2D eigenvalue weighted by Crippen LogP contribution is -2.42. The molecule has 0 atom stereocenters. The number of nitrogens with zero attached hydrogens (tertiary/aromatic N) is 7. The summed E-state index contributed by atoms with van der Waals surface area (Å²) in [5, 5.41) is 7.64. The fraction of sp³-hybridized carbons (Fsp3) is 0.379. The summed E-state index contributed by atoms with van der Waals surface area (Å²) in [6.45, 7) is 5.00. The van der Waals surface area contributed by atoms with Gasteiger partial charge >= 0.3 is 0 Å². The quantitative estimate of drug-likeness (QED) is 0.331. The first-order valence-corrected chi connectivity index (χ1v) is 13.6. The second kappa shape index (κ2) is 12.6. The minimum Gasteiger partial charge on any atom is -0.378 e. The third-order valence-electron chi connectivity index (χ3n) is 7.47. The summed E-state index contributed by atoms with van der Waals surface area (Å²) >= 11 is 0. The van der Waals surface area contributed by atoms with E-state index in [0.717, 1.165) is 60.1 Å². The third kappa shape index (κ3) is 6.35. The van der Waals surface area contributed by atoms with Gasteiger partial charge in [0, 0.05) is 43.3 Å². The Kier molecular flexibility index (Phi) is 8.78. The molecule has 2 fully saturated rings. The molecule has 2 saturated heterocycles. The van der Waals surface area contributed by atoms with E-state index in [1.54, 1.807) is 6.20 Å². The molecular formula is C29H36ClN9O. The summed E-state index contributed by atoms with van der Waals surface area (Å²) in [7, 11) is 4.33. The maximum Gasteiger partial charge on any atom is 0.229 e. The number of pyridine rings is 2. The molecule has 0 amide bonds. The molecule has 10 nitrogen and oxygen atoms in total. The SMILES string of the molecule is CN(C)C1CCN(c2ccc(Nc3cc4c(N5CCOCC5)nc(Nc5ccccc5)nc4cn3)nc2)CC1.Cl. The van der Waals surface area contributed by atoms with E-state index in [-0.39, 0.29) is 12.4 Å². The maximum absolute atomic E-state index is 5.59. The molecule has 6 rings (SSSR count). The third-order valence-corrected chi connectivity index (χ3v) is 7.47.